The Hall–Kier alpha value is -0.510. The predicted molar refractivity (Wildman–Crippen MR) is 84.9 cm³/mol. The lowest BCUT2D eigenvalue weighted by Crippen LogP contribution is -2.31. The van der Waals surface area contributed by atoms with Crippen molar-refractivity contribution in [1.82, 2.24) is 9.78 Å². The Balaban J connectivity index is 2.35. The van der Waals surface area contributed by atoms with E-state index in [0.29, 0.717) is 18.0 Å². The Bertz CT molecular complexity index is 427. The van der Waals surface area contributed by atoms with Gasteiger partial charge in [-0.1, -0.05) is 34.1 Å². The molecule has 0 amide bonds. The van der Waals surface area contributed by atoms with Crippen LogP contribution in [0.3, 0.4) is 0 Å². The molecule has 0 saturated heterocycles. The second kappa shape index (κ2) is 6.29. The van der Waals surface area contributed by atoms with Crippen molar-refractivity contribution in [2.24, 2.45) is 0 Å². The van der Waals surface area contributed by atoms with Gasteiger partial charge in [0, 0.05) is 12.0 Å². The average molecular weight is 328 g/mol. The number of hydrogen-bond acceptors (Lipinski definition) is 2. The summed E-state index contributed by atoms with van der Waals surface area (Å²) in [5.41, 5.74) is 1.22. The standard InChI is InChI=1S/C15H26BrN3/c1-5-8-10(4)14-13(16)15-17-11(6-2)9-12(7-3)19(15)18-14/h10-12,17H,5-9H2,1-4H3. The molecule has 3 unspecified atom stereocenters. The zero-order valence-electron chi connectivity index (χ0n) is 12.5. The molecule has 0 bridgehead atoms. The van der Waals surface area contributed by atoms with Crippen molar-refractivity contribution >= 4 is 21.7 Å². The fraction of sp³-hybridized carbons (Fsp3) is 0.800. The van der Waals surface area contributed by atoms with Crippen molar-refractivity contribution in [3.8, 4) is 0 Å². The van der Waals surface area contributed by atoms with E-state index in [-0.39, 0.29) is 0 Å². The summed E-state index contributed by atoms with van der Waals surface area (Å²) >= 11 is 3.78. The number of halogens is 1. The molecule has 3 atom stereocenters. The number of hydrogen-bond donors (Lipinski definition) is 1. The Labute approximate surface area is 125 Å². The summed E-state index contributed by atoms with van der Waals surface area (Å²) in [5, 5.41) is 8.55. The highest BCUT2D eigenvalue weighted by Crippen LogP contribution is 2.40. The van der Waals surface area contributed by atoms with Crippen molar-refractivity contribution in [1.29, 1.82) is 0 Å². The summed E-state index contributed by atoms with van der Waals surface area (Å²) in [7, 11) is 0. The molecule has 2 rings (SSSR count). The molecule has 4 heteroatoms. The fourth-order valence-electron chi connectivity index (χ4n) is 3.00. The van der Waals surface area contributed by atoms with E-state index in [1.165, 1.54) is 41.7 Å². The van der Waals surface area contributed by atoms with E-state index < -0.39 is 0 Å². The summed E-state index contributed by atoms with van der Waals surface area (Å²) in [6.07, 6.45) is 5.92. The highest BCUT2D eigenvalue weighted by Gasteiger charge is 2.30. The first-order valence-corrected chi connectivity index (χ1v) is 8.45. The van der Waals surface area contributed by atoms with Gasteiger partial charge in [-0.2, -0.15) is 5.10 Å². The van der Waals surface area contributed by atoms with Gasteiger partial charge >= 0.3 is 0 Å². The van der Waals surface area contributed by atoms with Gasteiger partial charge in [-0.25, -0.2) is 4.68 Å². The Morgan fingerprint density at radius 1 is 1.37 bits per heavy atom. The minimum Gasteiger partial charge on any atom is -0.367 e. The zero-order chi connectivity index (χ0) is 14.0. The van der Waals surface area contributed by atoms with Crippen molar-refractivity contribution in [2.75, 3.05) is 5.32 Å². The van der Waals surface area contributed by atoms with E-state index in [0.717, 1.165) is 6.42 Å². The molecule has 3 nitrogen and oxygen atoms in total. The molecule has 0 spiro atoms. The second-order valence-electron chi connectivity index (χ2n) is 5.73. The van der Waals surface area contributed by atoms with Gasteiger partial charge in [0.2, 0.25) is 0 Å². The number of nitrogens with one attached hydrogen (secondary N) is 1. The Morgan fingerprint density at radius 2 is 2.11 bits per heavy atom. The van der Waals surface area contributed by atoms with Crippen LogP contribution < -0.4 is 5.32 Å². The molecule has 2 heterocycles. The lowest BCUT2D eigenvalue weighted by Gasteiger charge is -2.31. The Kier molecular flexibility index (Phi) is 4.93. The van der Waals surface area contributed by atoms with Gasteiger partial charge in [0.25, 0.3) is 0 Å². The van der Waals surface area contributed by atoms with Crippen LogP contribution >= 0.6 is 15.9 Å². The van der Waals surface area contributed by atoms with E-state index in [9.17, 15) is 0 Å². The lowest BCUT2D eigenvalue weighted by atomic mass is 10.0. The topological polar surface area (TPSA) is 29.9 Å². The minimum atomic E-state index is 0.525. The average Bonchev–Trinajstić information content (AvgIpc) is 2.75. The van der Waals surface area contributed by atoms with E-state index in [4.69, 9.17) is 5.10 Å². The molecule has 19 heavy (non-hydrogen) atoms. The highest BCUT2D eigenvalue weighted by molar-refractivity contribution is 9.10. The smallest absolute Gasteiger partial charge is 0.139 e. The van der Waals surface area contributed by atoms with Crippen LogP contribution in [0.4, 0.5) is 5.82 Å². The van der Waals surface area contributed by atoms with Crippen molar-refractivity contribution < 1.29 is 0 Å². The van der Waals surface area contributed by atoms with Gasteiger partial charge in [0.05, 0.1) is 16.2 Å². The van der Waals surface area contributed by atoms with Crippen LogP contribution in [0.5, 0.6) is 0 Å². The van der Waals surface area contributed by atoms with Gasteiger partial charge in [0.15, 0.2) is 0 Å². The van der Waals surface area contributed by atoms with Gasteiger partial charge < -0.3 is 5.32 Å². The normalized spacial score (nSPS) is 23.8. The summed E-state index contributed by atoms with van der Waals surface area (Å²) < 4.78 is 3.41. The van der Waals surface area contributed by atoms with Crippen molar-refractivity contribution in [3.63, 3.8) is 0 Å². The van der Waals surface area contributed by atoms with Crippen molar-refractivity contribution in [3.05, 3.63) is 10.2 Å². The first kappa shape index (κ1) is 14.9. The number of aromatic nitrogens is 2. The molecule has 0 fully saturated rings. The van der Waals surface area contributed by atoms with Crippen LogP contribution in [0.25, 0.3) is 0 Å². The van der Waals surface area contributed by atoms with Crippen LogP contribution in [-0.2, 0) is 0 Å². The molecule has 0 aromatic carbocycles. The molecule has 0 saturated carbocycles. The summed E-state index contributed by atoms with van der Waals surface area (Å²) in [4.78, 5) is 0. The monoisotopic (exact) mass is 327 g/mol. The van der Waals surface area contributed by atoms with E-state index in [2.05, 4.69) is 53.6 Å². The number of fused-ring (bicyclic) bond motifs is 1. The molecule has 1 aromatic rings. The maximum Gasteiger partial charge on any atom is 0.139 e. The van der Waals surface area contributed by atoms with Gasteiger partial charge in [-0.05, 0) is 41.6 Å². The summed E-state index contributed by atoms with van der Waals surface area (Å²) in [5.74, 6) is 1.72. The summed E-state index contributed by atoms with van der Waals surface area (Å²) in [6, 6.07) is 1.12. The quantitative estimate of drug-likeness (QED) is 0.815. The molecule has 1 aromatic heterocycles. The Morgan fingerprint density at radius 3 is 2.68 bits per heavy atom. The van der Waals surface area contributed by atoms with Crippen LogP contribution in [0, 0.1) is 0 Å². The largest absolute Gasteiger partial charge is 0.367 e. The van der Waals surface area contributed by atoms with E-state index in [1.54, 1.807) is 0 Å². The van der Waals surface area contributed by atoms with Crippen LogP contribution in [-0.4, -0.2) is 15.8 Å². The van der Waals surface area contributed by atoms with Crippen LogP contribution in [0.1, 0.15) is 77.5 Å². The number of nitrogens with zero attached hydrogens (tertiary/aromatic N) is 2. The van der Waals surface area contributed by atoms with Gasteiger partial charge in [-0.15, -0.1) is 0 Å². The van der Waals surface area contributed by atoms with Gasteiger partial charge in [0.1, 0.15) is 5.82 Å². The third-order valence-corrected chi connectivity index (χ3v) is 5.05. The maximum absolute atomic E-state index is 4.90. The van der Waals surface area contributed by atoms with E-state index >= 15 is 0 Å². The molecule has 0 aliphatic carbocycles. The van der Waals surface area contributed by atoms with Crippen LogP contribution in [0.2, 0.25) is 0 Å². The predicted octanol–water partition coefficient (Wildman–Crippen LogP) is 5.09. The number of anilines is 1. The second-order valence-corrected chi connectivity index (χ2v) is 6.52. The third-order valence-electron chi connectivity index (χ3n) is 4.27. The van der Waals surface area contributed by atoms with E-state index in [1.807, 2.05) is 0 Å². The lowest BCUT2D eigenvalue weighted by molar-refractivity contribution is 0.359. The third kappa shape index (κ3) is 2.83. The maximum atomic E-state index is 4.90. The molecule has 0 radical (unpaired) electrons. The van der Waals surface area contributed by atoms with Gasteiger partial charge in [-0.3, -0.25) is 0 Å². The van der Waals surface area contributed by atoms with Crippen molar-refractivity contribution in [2.45, 2.75) is 77.8 Å². The minimum absolute atomic E-state index is 0.525. The zero-order valence-corrected chi connectivity index (χ0v) is 14.1. The molecule has 1 N–H and O–H groups in total. The molecule has 1 aliphatic heterocycles. The summed E-state index contributed by atoms with van der Waals surface area (Å²) in [6.45, 7) is 9.03. The first-order valence-electron chi connectivity index (χ1n) is 7.66. The SMILES string of the molecule is CCCC(C)c1nn2c(c1Br)NC(CC)CC2CC. The molecular formula is C15H26BrN3. The number of rotatable bonds is 5. The first-order chi connectivity index (χ1) is 9.12. The molecule has 108 valence electrons. The highest BCUT2D eigenvalue weighted by atomic mass is 79.9. The fourth-order valence-corrected chi connectivity index (χ4v) is 3.77. The molecular weight excluding hydrogens is 302 g/mol. The van der Waals surface area contributed by atoms with Crippen LogP contribution in [0.15, 0.2) is 4.47 Å². The molecule has 1 aliphatic rings.